The summed E-state index contributed by atoms with van der Waals surface area (Å²) in [6.07, 6.45) is -0.0302. The Morgan fingerprint density at radius 1 is 1.27 bits per heavy atom. The molecular weight excluding hydrogens is 293 g/mol. The summed E-state index contributed by atoms with van der Waals surface area (Å²) in [6, 6.07) is 3.76. The van der Waals surface area contributed by atoms with Crippen LogP contribution >= 0.6 is 0 Å². The predicted octanol–water partition coefficient (Wildman–Crippen LogP) is 3.01. The van der Waals surface area contributed by atoms with Crippen LogP contribution < -0.4 is 5.32 Å². The van der Waals surface area contributed by atoms with E-state index in [0.29, 0.717) is 12.4 Å². The molecule has 0 amide bonds. The van der Waals surface area contributed by atoms with Crippen molar-refractivity contribution in [1.82, 2.24) is 9.88 Å². The monoisotopic (exact) mass is 310 g/mol. The first-order chi connectivity index (χ1) is 10.4. The molecule has 7 heteroatoms. The number of halogens is 3. The third kappa shape index (κ3) is 2.63. The lowest BCUT2D eigenvalue weighted by atomic mass is 9.94. The average molecular weight is 310 g/mol. The molecule has 0 radical (unpaired) electrons. The van der Waals surface area contributed by atoms with Gasteiger partial charge in [-0.05, 0) is 50.9 Å². The molecular formula is C15H17F3N4. The maximum absolute atomic E-state index is 12.8. The molecule has 2 aliphatic rings. The minimum Gasteiger partial charge on any atom is -0.368 e. The van der Waals surface area contributed by atoms with Gasteiger partial charge in [0, 0.05) is 12.1 Å². The van der Waals surface area contributed by atoms with E-state index in [1.165, 1.54) is 12.1 Å². The maximum atomic E-state index is 12.8. The number of hydrogen-bond donors (Lipinski definition) is 1. The van der Waals surface area contributed by atoms with Crippen LogP contribution in [0.3, 0.4) is 0 Å². The lowest BCUT2D eigenvalue weighted by molar-refractivity contribution is -0.138. The first kappa shape index (κ1) is 15.1. The Labute approximate surface area is 126 Å². The third-order valence-electron chi connectivity index (χ3n) is 4.72. The van der Waals surface area contributed by atoms with Gasteiger partial charge in [0.05, 0.1) is 5.56 Å². The SMILES string of the molecule is N#Cc1nc(NCC23CCCN2CCC3)ccc1C(F)(F)F. The molecule has 22 heavy (non-hydrogen) atoms. The summed E-state index contributed by atoms with van der Waals surface area (Å²) >= 11 is 0. The van der Waals surface area contributed by atoms with Crippen LogP contribution in [0, 0.1) is 11.3 Å². The van der Waals surface area contributed by atoms with Crippen LogP contribution in [0.1, 0.15) is 36.9 Å². The van der Waals surface area contributed by atoms with Crippen molar-refractivity contribution in [2.75, 3.05) is 25.0 Å². The average Bonchev–Trinajstić information content (AvgIpc) is 3.03. The highest BCUT2D eigenvalue weighted by molar-refractivity contribution is 5.44. The maximum Gasteiger partial charge on any atom is 0.419 e. The lowest BCUT2D eigenvalue weighted by Crippen LogP contribution is -2.44. The minimum absolute atomic E-state index is 0.108. The third-order valence-corrected chi connectivity index (χ3v) is 4.72. The van der Waals surface area contributed by atoms with E-state index in [4.69, 9.17) is 5.26 Å². The molecule has 0 aliphatic carbocycles. The highest BCUT2D eigenvalue weighted by Crippen LogP contribution is 2.39. The summed E-state index contributed by atoms with van der Waals surface area (Å²) in [5.41, 5.74) is -1.45. The van der Waals surface area contributed by atoms with E-state index < -0.39 is 17.4 Å². The van der Waals surface area contributed by atoms with E-state index in [0.717, 1.165) is 44.8 Å². The van der Waals surface area contributed by atoms with Crippen LogP contribution in [0.2, 0.25) is 0 Å². The van der Waals surface area contributed by atoms with Gasteiger partial charge in [0.1, 0.15) is 11.9 Å². The van der Waals surface area contributed by atoms with Gasteiger partial charge in [-0.1, -0.05) is 0 Å². The van der Waals surface area contributed by atoms with E-state index >= 15 is 0 Å². The van der Waals surface area contributed by atoms with E-state index in [9.17, 15) is 13.2 Å². The van der Waals surface area contributed by atoms with Crippen LogP contribution in [-0.4, -0.2) is 35.1 Å². The summed E-state index contributed by atoms with van der Waals surface area (Å²) in [6.45, 7) is 2.84. The van der Waals surface area contributed by atoms with Gasteiger partial charge in [-0.25, -0.2) is 4.98 Å². The molecule has 4 nitrogen and oxygen atoms in total. The highest BCUT2D eigenvalue weighted by atomic mass is 19.4. The van der Waals surface area contributed by atoms with Crippen molar-refractivity contribution in [2.45, 2.75) is 37.4 Å². The fourth-order valence-electron chi connectivity index (χ4n) is 3.64. The van der Waals surface area contributed by atoms with Crippen LogP contribution in [0.15, 0.2) is 12.1 Å². The van der Waals surface area contributed by atoms with Crippen LogP contribution in [0.5, 0.6) is 0 Å². The topological polar surface area (TPSA) is 52.0 Å². The van der Waals surface area contributed by atoms with Gasteiger partial charge >= 0.3 is 6.18 Å². The molecule has 0 aromatic carbocycles. The van der Waals surface area contributed by atoms with E-state index in [2.05, 4.69) is 15.2 Å². The number of aromatic nitrogens is 1. The molecule has 3 rings (SSSR count). The van der Waals surface area contributed by atoms with E-state index in [1.54, 1.807) is 0 Å². The Balaban J connectivity index is 1.75. The Morgan fingerprint density at radius 2 is 1.95 bits per heavy atom. The van der Waals surface area contributed by atoms with Crippen molar-refractivity contribution in [1.29, 1.82) is 5.26 Å². The summed E-state index contributed by atoms with van der Waals surface area (Å²) < 4.78 is 38.3. The van der Waals surface area contributed by atoms with Crippen molar-refractivity contribution in [3.63, 3.8) is 0 Å². The summed E-state index contributed by atoms with van der Waals surface area (Å²) in [5.74, 6) is 0.331. The molecule has 2 aliphatic heterocycles. The zero-order chi connectivity index (χ0) is 15.8. The van der Waals surface area contributed by atoms with Crippen LogP contribution in [0.25, 0.3) is 0 Å². The van der Waals surface area contributed by atoms with Crippen LogP contribution in [0.4, 0.5) is 19.0 Å². The smallest absolute Gasteiger partial charge is 0.368 e. The van der Waals surface area contributed by atoms with E-state index in [1.807, 2.05) is 0 Å². The fourth-order valence-corrected chi connectivity index (χ4v) is 3.64. The van der Waals surface area contributed by atoms with Gasteiger partial charge in [-0.2, -0.15) is 18.4 Å². The predicted molar refractivity (Wildman–Crippen MR) is 75.2 cm³/mol. The van der Waals surface area contributed by atoms with Gasteiger partial charge in [-0.3, -0.25) is 4.90 Å². The number of fused-ring (bicyclic) bond motifs is 1. The molecule has 0 atom stereocenters. The minimum atomic E-state index is -4.55. The second-order valence-electron chi connectivity index (χ2n) is 5.97. The number of nitrogens with zero attached hydrogens (tertiary/aromatic N) is 3. The Kier molecular flexibility index (Phi) is 3.73. The zero-order valence-corrected chi connectivity index (χ0v) is 12.1. The Morgan fingerprint density at radius 3 is 2.55 bits per heavy atom. The van der Waals surface area contributed by atoms with Crippen LogP contribution in [-0.2, 0) is 6.18 Å². The quantitative estimate of drug-likeness (QED) is 0.932. The summed E-state index contributed by atoms with van der Waals surface area (Å²) in [4.78, 5) is 6.27. The van der Waals surface area contributed by atoms with Gasteiger partial charge in [0.15, 0.2) is 5.69 Å². The molecule has 0 unspecified atom stereocenters. The largest absolute Gasteiger partial charge is 0.419 e. The first-order valence-electron chi connectivity index (χ1n) is 7.42. The number of anilines is 1. The van der Waals surface area contributed by atoms with Gasteiger partial charge in [0.2, 0.25) is 0 Å². The summed E-state index contributed by atoms with van der Waals surface area (Å²) in [5, 5.41) is 12.0. The fraction of sp³-hybridized carbons (Fsp3) is 0.600. The molecule has 2 saturated heterocycles. The number of hydrogen-bond acceptors (Lipinski definition) is 4. The molecule has 2 fully saturated rings. The number of alkyl halides is 3. The van der Waals surface area contributed by atoms with Crippen molar-refractivity contribution in [3.8, 4) is 6.07 Å². The number of nitriles is 1. The molecule has 1 aromatic heterocycles. The molecule has 1 N–H and O–H groups in total. The zero-order valence-electron chi connectivity index (χ0n) is 12.1. The standard InChI is InChI=1S/C15H17F3N4/c16-15(17,18)11-3-4-13(21-12(11)9-19)20-10-14-5-1-7-22(14)8-2-6-14/h3-4H,1-2,5-8,10H2,(H,20,21). The molecule has 0 bridgehead atoms. The molecule has 1 aromatic rings. The second-order valence-corrected chi connectivity index (χ2v) is 5.97. The van der Waals surface area contributed by atoms with Crippen molar-refractivity contribution in [2.24, 2.45) is 0 Å². The number of pyridine rings is 1. The van der Waals surface area contributed by atoms with Gasteiger partial charge in [0.25, 0.3) is 0 Å². The normalized spacial score (nSPS) is 20.6. The first-order valence-corrected chi connectivity index (χ1v) is 7.42. The number of nitrogens with one attached hydrogen (secondary N) is 1. The second kappa shape index (κ2) is 5.43. The van der Waals surface area contributed by atoms with Gasteiger partial charge in [-0.15, -0.1) is 0 Å². The summed E-state index contributed by atoms with van der Waals surface area (Å²) in [7, 11) is 0. The van der Waals surface area contributed by atoms with E-state index in [-0.39, 0.29) is 5.54 Å². The molecule has 0 saturated carbocycles. The van der Waals surface area contributed by atoms with Crippen molar-refractivity contribution < 1.29 is 13.2 Å². The lowest BCUT2D eigenvalue weighted by Gasteiger charge is -2.32. The highest BCUT2D eigenvalue weighted by Gasteiger charge is 2.44. The molecule has 3 heterocycles. The van der Waals surface area contributed by atoms with Crippen molar-refractivity contribution >= 4 is 5.82 Å². The Hall–Kier alpha value is -1.81. The van der Waals surface area contributed by atoms with Gasteiger partial charge < -0.3 is 5.32 Å². The molecule has 0 spiro atoms. The van der Waals surface area contributed by atoms with Crippen molar-refractivity contribution in [3.05, 3.63) is 23.4 Å². The Bertz CT molecular complexity index is 596. The molecule has 118 valence electrons. The number of rotatable bonds is 3.